The summed E-state index contributed by atoms with van der Waals surface area (Å²) >= 11 is 0. The van der Waals surface area contributed by atoms with Crippen molar-refractivity contribution in [3.05, 3.63) is 29.8 Å². The van der Waals surface area contributed by atoms with Crippen molar-refractivity contribution >= 4 is 5.69 Å². The van der Waals surface area contributed by atoms with Gasteiger partial charge in [-0.25, -0.2) is 0 Å². The predicted octanol–water partition coefficient (Wildman–Crippen LogP) is 1.72. The molecule has 3 nitrogen and oxygen atoms in total. The molecule has 1 saturated heterocycles. The van der Waals surface area contributed by atoms with Gasteiger partial charge in [-0.05, 0) is 51.5 Å². The van der Waals surface area contributed by atoms with Crippen LogP contribution in [0.1, 0.15) is 18.4 Å². The summed E-state index contributed by atoms with van der Waals surface area (Å²) in [6, 6.07) is 9.43. The Morgan fingerprint density at radius 2 is 1.89 bits per heavy atom. The van der Waals surface area contributed by atoms with Crippen molar-refractivity contribution in [1.82, 2.24) is 4.90 Å². The van der Waals surface area contributed by atoms with Gasteiger partial charge >= 0.3 is 0 Å². The first-order valence-electron chi connectivity index (χ1n) is 6.91. The lowest BCUT2D eigenvalue weighted by atomic mass is 10.0. The highest BCUT2D eigenvalue weighted by atomic mass is 15.2. The molecule has 0 aliphatic carbocycles. The van der Waals surface area contributed by atoms with E-state index in [1.54, 1.807) is 0 Å². The predicted molar refractivity (Wildman–Crippen MR) is 78.1 cm³/mol. The average Bonchev–Trinajstić information content (AvgIpc) is 2.40. The second-order valence-corrected chi connectivity index (χ2v) is 5.35. The van der Waals surface area contributed by atoms with E-state index in [0.29, 0.717) is 0 Å². The molecule has 3 heteroatoms. The van der Waals surface area contributed by atoms with Crippen molar-refractivity contribution in [3.63, 3.8) is 0 Å². The van der Waals surface area contributed by atoms with Crippen molar-refractivity contribution < 1.29 is 0 Å². The monoisotopic (exact) mass is 247 g/mol. The van der Waals surface area contributed by atoms with Crippen LogP contribution in [-0.4, -0.2) is 44.7 Å². The molecular formula is C15H25N3. The number of nitrogens with two attached hydrogens (primary N) is 1. The highest BCUT2D eigenvalue weighted by Crippen LogP contribution is 2.25. The van der Waals surface area contributed by atoms with Crippen LogP contribution < -0.4 is 10.6 Å². The lowest BCUT2D eigenvalue weighted by molar-refractivity contribution is 0.249. The van der Waals surface area contributed by atoms with Gasteiger partial charge in [0.25, 0.3) is 0 Å². The molecule has 1 aromatic rings. The van der Waals surface area contributed by atoms with Gasteiger partial charge in [-0.15, -0.1) is 0 Å². The fourth-order valence-corrected chi connectivity index (χ4v) is 2.81. The molecule has 1 aromatic carbocycles. The Hall–Kier alpha value is -1.06. The van der Waals surface area contributed by atoms with Gasteiger partial charge in [0, 0.05) is 24.8 Å². The zero-order chi connectivity index (χ0) is 13.0. The normalized spacial score (nSPS) is 17.4. The molecule has 100 valence electrons. The lowest BCUT2D eigenvalue weighted by Crippen LogP contribution is -2.42. The fraction of sp³-hybridized carbons (Fsp3) is 0.600. The van der Waals surface area contributed by atoms with Crippen LogP contribution in [0.3, 0.4) is 0 Å². The van der Waals surface area contributed by atoms with Gasteiger partial charge in [-0.1, -0.05) is 18.2 Å². The maximum atomic E-state index is 5.70. The molecular weight excluding hydrogens is 222 g/mol. The van der Waals surface area contributed by atoms with E-state index >= 15 is 0 Å². The Morgan fingerprint density at radius 3 is 2.50 bits per heavy atom. The van der Waals surface area contributed by atoms with Gasteiger partial charge in [0.1, 0.15) is 0 Å². The third-order valence-electron chi connectivity index (χ3n) is 3.94. The number of nitrogens with zero attached hydrogens (tertiary/aromatic N) is 2. The topological polar surface area (TPSA) is 32.5 Å². The third kappa shape index (κ3) is 3.03. The van der Waals surface area contributed by atoms with E-state index in [1.807, 2.05) is 0 Å². The van der Waals surface area contributed by atoms with Gasteiger partial charge in [-0.2, -0.15) is 0 Å². The second kappa shape index (κ2) is 6.21. The van der Waals surface area contributed by atoms with Crippen LogP contribution >= 0.6 is 0 Å². The molecule has 0 unspecified atom stereocenters. The molecule has 1 aliphatic rings. The first-order chi connectivity index (χ1) is 8.72. The van der Waals surface area contributed by atoms with Gasteiger partial charge in [0.2, 0.25) is 0 Å². The standard InChI is InChI=1S/C15H25N3/c1-17(2)14-8-11-18(12-9-14)15-6-4-3-5-13(15)7-10-16/h3-6,14H,7-12,16H2,1-2H3. The number of piperidine rings is 1. The maximum Gasteiger partial charge on any atom is 0.0399 e. The molecule has 0 aromatic heterocycles. The lowest BCUT2D eigenvalue weighted by Gasteiger charge is -2.37. The highest BCUT2D eigenvalue weighted by Gasteiger charge is 2.21. The fourth-order valence-electron chi connectivity index (χ4n) is 2.81. The van der Waals surface area contributed by atoms with Crippen molar-refractivity contribution in [2.45, 2.75) is 25.3 Å². The van der Waals surface area contributed by atoms with E-state index < -0.39 is 0 Å². The van der Waals surface area contributed by atoms with Gasteiger partial charge in [-0.3, -0.25) is 0 Å². The highest BCUT2D eigenvalue weighted by molar-refractivity contribution is 5.54. The summed E-state index contributed by atoms with van der Waals surface area (Å²) in [4.78, 5) is 4.87. The number of para-hydroxylation sites is 1. The Labute approximate surface area is 111 Å². The van der Waals surface area contributed by atoms with Crippen molar-refractivity contribution in [2.24, 2.45) is 5.73 Å². The summed E-state index contributed by atoms with van der Waals surface area (Å²) in [6.07, 6.45) is 3.48. The number of hydrogen-bond acceptors (Lipinski definition) is 3. The Kier molecular flexibility index (Phi) is 4.61. The molecule has 1 heterocycles. The molecule has 0 amide bonds. The molecule has 0 atom stereocenters. The Balaban J connectivity index is 2.05. The van der Waals surface area contributed by atoms with E-state index in [-0.39, 0.29) is 0 Å². The smallest absolute Gasteiger partial charge is 0.0399 e. The zero-order valence-electron chi connectivity index (χ0n) is 11.6. The summed E-state index contributed by atoms with van der Waals surface area (Å²) in [5.74, 6) is 0. The number of rotatable bonds is 4. The average molecular weight is 247 g/mol. The minimum Gasteiger partial charge on any atom is -0.371 e. The van der Waals surface area contributed by atoms with Crippen LogP contribution in [0, 0.1) is 0 Å². The van der Waals surface area contributed by atoms with Crippen LogP contribution in [0.15, 0.2) is 24.3 Å². The minimum atomic E-state index is 0.727. The quantitative estimate of drug-likeness (QED) is 0.879. The molecule has 2 N–H and O–H groups in total. The molecule has 1 aliphatic heterocycles. The van der Waals surface area contributed by atoms with Crippen LogP contribution in [0.5, 0.6) is 0 Å². The number of hydrogen-bond donors (Lipinski definition) is 1. The maximum absolute atomic E-state index is 5.70. The van der Waals surface area contributed by atoms with Crippen molar-refractivity contribution in [2.75, 3.05) is 38.6 Å². The van der Waals surface area contributed by atoms with Crippen molar-refractivity contribution in [3.8, 4) is 0 Å². The summed E-state index contributed by atoms with van der Waals surface area (Å²) in [5.41, 5.74) is 8.48. The first-order valence-corrected chi connectivity index (χ1v) is 6.91. The summed E-state index contributed by atoms with van der Waals surface area (Å²) in [5, 5.41) is 0. The van der Waals surface area contributed by atoms with Crippen LogP contribution in [0.2, 0.25) is 0 Å². The molecule has 1 fully saturated rings. The second-order valence-electron chi connectivity index (χ2n) is 5.35. The molecule has 0 bridgehead atoms. The summed E-state index contributed by atoms with van der Waals surface area (Å²) in [7, 11) is 4.37. The Bertz CT molecular complexity index is 368. The van der Waals surface area contributed by atoms with E-state index in [1.165, 1.54) is 24.1 Å². The minimum absolute atomic E-state index is 0.727. The molecule has 0 radical (unpaired) electrons. The first kappa shape index (κ1) is 13.4. The third-order valence-corrected chi connectivity index (χ3v) is 3.94. The van der Waals surface area contributed by atoms with E-state index in [2.05, 4.69) is 48.2 Å². The van der Waals surface area contributed by atoms with E-state index in [4.69, 9.17) is 5.73 Å². The SMILES string of the molecule is CN(C)C1CCN(c2ccccc2CCN)CC1. The summed E-state index contributed by atoms with van der Waals surface area (Å²) in [6.45, 7) is 3.04. The van der Waals surface area contributed by atoms with Gasteiger partial charge in [0.05, 0.1) is 0 Å². The molecule has 0 saturated carbocycles. The Morgan fingerprint density at radius 1 is 1.22 bits per heavy atom. The van der Waals surface area contributed by atoms with Crippen molar-refractivity contribution in [1.29, 1.82) is 0 Å². The number of benzene rings is 1. The van der Waals surface area contributed by atoms with E-state index in [0.717, 1.165) is 32.1 Å². The molecule has 18 heavy (non-hydrogen) atoms. The molecule has 0 spiro atoms. The van der Waals surface area contributed by atoms with E-state index in [9.17, 15) is 0 Å². The van der Waals surface area contributed by atoms with Crippen LogP contribution in [0.25, 0.3) is 0 Å². The largest absolute Gasteiger partial charge is 0.371 e. The molecule has 2 rings (SSSR count). The number of anilines is 1. The van der Waals surface area contributed by atoms with Crippen LogP contribution in [0.4, 0.5) is 5.69 Å². The summed E-state index contributed by atoms with van der Waals surface area (Å²) < 4.78 is 0. The van der Waals surface area contributed by atoms with Gasteiger partial charge in [0.15, 0.2) is 0 Å². The zero-order valence-corrected chi connectivity index (χ0v) is 11.6. The van der Waals surface area contributed by atoms with Crippen LogP contribution in [-0.2, 0) is 6.42 Å². The van der Waals surface area contributed by atoms with Gasteiger partial charge < -0.3 is 15.5 Å².